The maximum absolute atomic E-state index is 12.0. The number of amides is 2. The SMILES string of the molecule is CC(C)(C)c1ccc(C(O)CNC(=O)c2cc(C(N)=O)cs2)cc1. The van der Waals surface area contributed by atoms with E-state index in [-0.39, 0.29) is 17.9 Å². The molecule has 0 fully saturated rings. The summed E-state index contributed by atoms with van der Waals surface area (Å²) in [6.07, 6.45) is -0.793. The van der Waals surface area contributed by atoms with Gasteiger partial charge in [-0.3, -0.25) is 9.59 Å². The van der Waals surface area contributed by atoms with E-state index in [0.29, 0.717) is 10.4 Å². The normalized spacial score (nSPS) is 12.7. The van der Waals surface area contributed by atoms with Crippen LogP contribution in [0.1, 0.15) is 58.0 Å². The minimum Gasteiger partial charge on any atom is -0.387 e. The smallest absolute Gasteiger partial charge is 0.261 e. The maximum Gasteiger partial charge on any atom is 0.261 e. The Morgan fingerprint density at radius 3 is 2.38 bits per heavy atom. The fraction of sp³-hybridized carbons (Fsp3) is 0.333. The van der Waals surface area contributed by atoms with Gasteiger partial charge in [0.1, 0.15) is 0 Å². The highest BCUT2D eigenvalue weighted by Crippen LogP contribution is 2.24. The van der Waals surface area contributed by atoms with Gasteiger partial charge in [0.05, 0.1) is 16.5 Å². The van der Waals surface area contributed by atoms with Crippen molar-refractivity contribution in [1.29, 1.82) is 0 Å². The van der Waals surface area contributed by atoms with Gasteiger partial charge in [0.15, 0.2) is 0 Å². The molecule has 4 N–H and O–H groups in total. The van der Waals surface area contributed by atoms with Crippen molar-refractivity contribution < 1.29 is 14.7 Å². The van der Waals surface area contributed by atoms with Gasteiger partial charge in [-0.2, -0.15) is 0 Å². The van der Waals surface area contributed by atoms with E-state index in [2.05, 4.69) is 26.1 Å². The Morgan fingerprint density at radius 2 is 1.88 bits per heavy atom. The molecule has 0 aliphatic rings. The van der Waals surface area contributed by atoms with Crippen LogP contribution in [0.2, 0.25) is 0 Å². The molecule has 2 rings (SSSR count). The largest absolute Gasteiger partial charge is 0.387 e. The van der Waals surface area contributed by atoms with Gasteiger partial charge in [0.2, 0.25) is 5.91 Å². The highest BCUT2D eigenvalue weighted by molar-refractivity contribution is 7.12. The van der Waals surface area contributed by atoms with Gasteiger partial charge in [0, 0.05) is 11.9 Å². The molecular weight excluding hydrogens is 324 g/mol. The Morgan fingerprint density at radius 1 is 1.25 bits per heavy atom. The van der Waals surface area contributed by atoms with E-state index in [9.17, 15) is 14.7 Å². The second kappa shape index (κ2) is 7.15. The second-order valence-corrected chi connectivity index (χ2v) is 7.57. The van der Waals surface area contributed by atoms with Gasteiger partial charge >= 0.3 is 0 Å². The van der Waals surface area contributed by atoms with Crippen LogP contribution in [-0.4, -0.2) is 23.5 Å². The number of hydrogen-bond donors (Lipinski definition) is 3. The number of nitrogens with two attached hydrogens (primary N) is 1. The molecule has 1 aromatic carbocycles. The summed E-state index contributed by atoms with van der Waals surface area (Å²) < 4.78 is 0. The Balaban J connectivity index is 1.95. The van der Waals surface area contributed by atoms with Crippen LogP contribution in [0.3, 0.4) is 0 Å². The topological polar surface area (TPSA) is 92.4 Å². The summed E-state index contributed by atoms with van der Waals surface area (Å²) in [6, 6.07) is 9.16. The van der Waals surface area contributed by atoms with Crippen LogP contribution in [-0.2, 0) is 5.41 Å². The molecule has 0 saturated carbocycles. The lowest BCUT2D eigenvalue weighted by atomic mass is 9.86. The monoisotopic (exact) mass is 346 g/mol. The lowest BCUT2D eigenvalue weighted by molar-refractivity contribution is 0.0920. The van der Waals surface area contributed by atoms with E-state index in [0.717, 1.165) is 16.9 Å². The molecule has 6 heteroatoms. The Bertz CT molecular complexity index is 729. The van der Waals surface area contributed by atoms with Crippen molar-refractivity contribution in [3.05, 3.63) is 57.3 Å². The number of thiophene rings is 1. The zero-order valence-electron chi connectivity index (χ0n) is 14.0. The summed E-state index contributed by atoms with van der Waals surface area (Å²) in [4.78, 5) is 23.5. The molecule has 1 aromatic heterocycles. The quantitative estimate of drug-likeness (QED) is 0.777. The van der Waals surface area contributed by atoms with Crippen LogP contribution >= 0.6 is 11.3 Å². The minimum atomic E-state index is -0.793. The van der Waals surface area contributed by atoms with Crippen LogP contribution in [0.4, 0.5) is 0 Å². The highest BCUT2D eigenvalue weighted by atomic mass is 32.1. The molecule has 5 nitrogen and oxygen atoms in total. The average Bonchev–Trinajstić information content (AvgIpc) is 3.02. The van der Waals surface area contributed by atoms with Crippen molar-refractivity contribution >= 4 is 23.2 Å². The van der Waals surface area contributed by atoms with Crippen LogP contribution < -0.4 is 11.1 Å². The van der Waals surface area contributed by atoms with E-state index in [1.54, 1.807) is 5.38 Å². The Hall–Kier alpha value is -2.18. The number of benzene rings is 1. The molecule has 0 aliphatic heterocycles. The zero-order chi connectivity index (χ0) is 17.9. The van der Waals surface area contributed by atoms with Crippen molar-refractivity contribution in [1.82, 2.24) is 5.32 Å². The number of hydrogen-bond acceptors (Lipinski definition) is 4. The van der Waals surface area contributed by atoms with Crippen molar-refractivity contribution in [3.63, 3.8) is 0 Å². The van der Waals surface area contributed by atoms with Crippen LogP contribution in [0.25, 0.3) is 0 Å². The first-order valence-electron chi connectivity index (χ1n) is 7.63. The first-order valence-corrected chi connectivity index (χ1v) is 8.51. The van der Waals surface area contributed by atoms with Gasteiger partial charge in [-0.25, -0.2) is 0 Å². The molecule has 0 radical (unpaired) electrons. The van der Waals surface area contributed by atoms with Crippen LogP contribution in [0.5, 0.6) is 0 Å². The standard InChI is InChI=1S/C18H22N2O3S/c1-18(2,3)13-6-4-11(5-7-13)14(21)9-20-17(23)15-8-12(10-24-15)16(19)22/h4-8,10,14,21H,9H2,1-3H3,(H2,19,22)(H,20,23). The molecule has 1 unspecified atom stereocenters. The second-order valence-electron chi connectivity index (χ2n) is 6.66. The molecule has 2 amide bonds. The molecule has 0 bridgehead atoms. The zero-order valence-corrected chi connectivity index (χ0v) is 14.8. The molecule has 0 saturated heterocycles. The van der Waals surface area contributed by atoms with Gasteiger partial charge in [-0.1, -0.05) is 45.0 Å². The van der Waals surface area contributed by atoms with Crippen LogP contribution in [0.15, 0.2) is 35.7 Å². The summed E-state index contributed by atoms with van der Waals surface area (Å²) in [5.74, 6) is -0.901. The fourth-order valence-corrected chi connectivity index (χ4v) is 3.00. The number of primary amides is 1. The lowest BCUT2D eigenvalue weighted by Gasteiger charge is -2.20. The first kappa shape index (κ1) is 18.2. The van der Waals surface area contributed by atoms with E-state index in [1.807, 2.05) is 24.3 Å². The van der Waals surface area contributed by atoms with Gasteiger partial charge in [0.25, 0.3) is 5.91 Å². The molecule has 2 aromatic rings. The predicted molar refractivity (Wildman–Crippen MR) is 95.3 cm³/mol. The lowest BCUT2D eigenvalue weighted by Crippen LogP contribution is -2.27. The molecule has 24 heavy (non-hydrogen) atoms. The summed E-state index contributed by atoms with van der Waals surface area (Å²) in [6.45, 7) is 6.47. The third kappa shape index (κ3) is 4.43. The maximum atomic E-state index is 12.0. The molecule has 1 heterocycles. The average molecular weight is 346 g/mol. The molecule has 0 aliphatic carbocycles. The summed E-state index contributed by atoms with van der Waals surface area (Å²) >= 11 is 1.14. The van der Waals surface area contributed by atoms with Crippen molar-refractivity contribution in [3.8, 4) is 0 Å². The number of nitrogens with one attached hydrogen (secondary N) is 1. The predicted octanol–water partition coefficient (Wildman–Crippen LogP) is 2.61. The third-order valence-electron chi connectivity index (χ3n) is 3.73. The van der Waals surface area contributed by atoms with E-state index in [1.165, 1.54) is 11.6 Å². The van der Waals surface area contributed by atoms with Gasteiger partial charge < -0.3 is 16.2 Å². The Labute approximate surface area is 145 Å². The van der Waals surface area contributed by atoms with E-state index < -0.39 is 12.0 Å². The summed E-state index contributed by atoms with van der Waals surface area (Å²) in [5, 5.41) is 14.4. The number of carbonyl (C=O) groups is 2. The molecule has 128 valence electrons. The minimum absolute atomic E-state index is 0.0506. The highest BCUT2D eigenvalue weighted by Gasteiger charge is 2.16. The summed E-state index contributed by atoms with van der Waals surface area (Å²) in [7, 11) is 0. The number of aliphatic hydroxyl groups excluding tert-OH is 1. The number of carbonyl (C=O) groups excluding carboxylic acids is 2. The van der Waals surface area contributed by atoms with E-state index >= 15 is 0 Å². The van der Waals surface area contributed by atoms with Gasteiger partial charge in [-0.05, 0) is 22.6 Å². The van der Waals surface area contributed by atoms with Crippen molar-refractivity contribution in [2.24, 2.45) is 5.73 Å². The number of rotatable bonds is 5. The number of aliphatic hydroxyl groups is 1. The Kier molecular flexibility index (Phi) is 5.41. The van der Waals surface area contributed by atoms with E-state index in [4.69, 9.17) is 5.73 Å². The molecule has 0 spiro atoms. The van der Waals surface area contributed by atoms with Crippen molar-refractivity contribution in [2.45, 2.75) is 32.3 Å². The fourth-order valence-electron chi connectivity index (χ4n) is 2.18. The molecule has 1 atom stereocenters. The third-order valence-corrected chi connectivity index (χ3v) is 4.65. The van der Waals surface area contributed by atoms with Crippen molar-refractivity contribution in [2.75, 3.05) is 6.54 Å². The van der Waals surface area contributed by atoms with Gasteiger partial charge in [-0.15, -0.1) is 11.3 Å². The molecular formula is C18H22N2O3S. The summed E-state index contributed by atoms with van der Waals surface area (Å²) in [5.41, 5.74) is 7.45. The van der Waals surface area contributed by atoms with Crippen LogP contribution in [0, 0.1) is 0 Å². The first-order chi connectivity index (χ1) is 11.2.